The molecule has 3 N–H and O–H groups in total. The SMILES string of the molecule is COC(=O)C(CO)NC(=O)c1ccc(NC(=O)C2CC2)s1. The van der Waals surface area contributed by atoms with Crippen LogP contribution >= 0.6 is 11.3 Å². The number of nitrogens with one attached hydrogen (secondary N) is 2. The zero-order chi connectivity index (χ0) is 15.4. The Labute approximate surface area is 125 Å². The number of ether oxygens (including phenoxy) is 1. The molecule has 0 aromatic carbocycles. The number of anilines is 1. The van der Waals surface area contributed by atoms with Crippen LogP contribution in [0.4, 0.5) is 5.00 Å². The van der Waals surface area contributed by atoms with Crippen LogP contribution in [0.2, 0.25) is 0 Å². The van der Waals surface area contributed by atoms with Gasteiger partial charge in [-0.25, -0.2) is 4.79 Å². The van der Waals surface area contributed by atoms with E-state index in [1.165, 1.54) is 7.11 Å². The highest BCUT2D eigenvalue weighted by Crippen LogP contribution is 2.31. The van der Waals surface area contributed by atoms with Crippen LogP contribution in [-0.2, 0) is 14.3 Å². The summed E-state index contributed by atoms with van der Waals surface area (Å²) in [5, 5.41) is 14.7. The lowest BCUT2D eigenvalue weighted by atomic mass is 10.3. The summed E-state index contributed by atoms with van der Waals surface area (Å²) in [5.74, 6) is -1.17. The molecule has 1 aliphatic carbocycles. The molecule has 7 nitrogen and oxygen atoms in total. The fourth-order valence-corrected chi connectivity index (χ4v) is 2.46. The van der Waals surface area contributed by atoms with E-state index in [1.54, 1.807) is 12.1 Å². The molecule has 1 fully saturated rings. The molecule has 1 atom stereocenters. The zero-order valence-corrected chi connectivity index (χ0v) is 12.2. The molecule has 114 valence electrons. The van der Waals surface area contributed by atoms with Gasteiger partial charge in [0.05, 0.1) is 23.6 Å². The van der Waals surface area contributed by atoms with E-state index in [1.807, 2.05) is 0 Å². The van der Waals surface area contributed by atoms with Crippen LogP contribution in [0.15, 0.2) is 12.1 Å². The summed E-state index contributed by atoms with van der Waals surface area (Å²) in [5.41, 5.74) is 0. The summed E-state index contributed by atoms with van der Waals surface area (Å²) < 4.78 is 4.46. The topological polar surface area (TPSA) is 105 Å². The lowest BCUT2D eigenvalue weighted by Gasteiger charge is -2.12. The molecule has 0 spiro atoms. The maximum atomic E-state index is 11.9. The second kappa shape index (κ2) is 6.68. The molecule has 1 heterocycles. The molecule has 0 saturated heterocycles. The van der Waals surface area contributed by atoms with E-state index in [9.17, 15) is 14.4 Å². The second-order valence-electron chi connectivity index (χ2n) is 4.66. The maximum Gasteiger partial charge on any atom is 0.330 e. The van der Waals surface area contributed by atoms with Gasteiger partial charge in [-0.05, 0) is 25.0 Å². The van der Waals surface area contributed by atoms with Crippen molar-refractivity contribution in [2.75, 3.05) is 19.0 Å². The van der Waals surface area contributed by atoms with Crippen molar-refractivity contribution in [2.24, 2.45) is 5.92 Å². The minimum Gasteiger partial charge on any atom is -0.467 e. The average molecular weight is 312 g/mol. The summed E-state index contributed by atoms with van der Waals surface area (Å²) >= 11 is 1.11. The first-order valence-corrected chi connectivity index (χ1v) is 7.27. The van der Waals surface area contributed by atoms with Crippen LogP contribution in [0.3, 0.4) is 0 Å². The van der Waals surface area contributed by atoms with E-state index in [0.29, 0.717) is 9.88 Å². The Bertz CT molecular complexity index is 553. The number of carbonyl (C=O) groups excluding carboxylic acids is 3. The molecule has 1 saturated carbocycles. The van der Waals surface area contributed by atoms with Crippen molar-refractivity contribution in [1.82, 2.24) is 5.32 Å². The van der Waals surface area contributed by atoms with Gasteiger partial charge in [0.2, 0.25) is 5.91 Å². The first kappa shape index (κ1) is 15.5. The van der Waals surface area contributed by atoms with Gasteiger partial charge in [-0.3, -0.25) is 9.59 Å². The van der Waals surface area contributed by atoms with E-state index >= 15 is 0 Å². The van der Waals surface area contributed by atoms with Gasteiger partial charge in [0.25, 0.3) is 5.91 Å². The van der Waals surface area contributed by atoms with E-state index in [4.69, 9.17) is 5.11 Å². The van der Waals surface area contributed by atoms with Gasteiger partial charge in [0.15, 0.2) is 6.04 Å². The molecular weight excluding hydrogens is 296 g/mol. The van der Waals surface area contributed by atoms with Gasteiger partial charge in [-0.15, -0.1) is 11.3 Å². The lowest BCUT2D eigenvalue weighted by molar-refractivity contribution is -0.143. The molecule has 1 aliphatic rings. The highest BCUT2D eigenvalue weighted by Gasteiger charge is 2.30. The molecule has 21 heavy (non-hydrogen) atoms. The van der Waals surface area contributed by atoms with Gasteiger partial charge in [0, 0.05) is 5.92 Å². The monoisotopic (exact) mass is 312 g/mol. The number of amides is 2. The van der Waals surface area contributed by atoms with Gasteiger partial charge in [0.1, 0.15) is 0 Å². The van der Waals surface area contributed by atoms with Crippen LogP contribution in [0.1, 0.15) is 22.5 Å². The smallest absolute Gasteiger partial charge is 0.330 e. The Morgan fingerprint density at radius 3 is 2.71 bits per heavy atom. The third-order valence-electron chi connectivity index (χ3n) is 3.00. The maximum absolute atomic E-state index is 11.9. The summed E-state index contributed by atoms with van der Waals surface area (Å²) in [4.78, 5) is 35.2. The van der Waals surface area contributed by atoms with E-state index in [0.717, 1.165) is 24.2 Å². The number of thiophene rings is 1. The summed E-state index contributed by atoms with van der Waals surface area (Å²) in [6.07, 6.45) is 1.81. The summed E-state index contributed by atoms with van der Waals surface area (Å²) in [6, 6.07) is 2.08. The molecule has 1 aromatic heterocycles. The van der Waals surface area contributed by atoms with Crippen molar-refractivity contribution in [1.29, 1.82) is 0 Å². The molecule has 2 rings (SSSR count). The van der Waals surface area contributed by atoms with Crippen molar-refractivity contribution in [3.63, 3.8) is 0 Å². The number of aliphatic hydroxyl groups excluding tert-OH is 1. The Balaban J connectivity index is 1.94. The summed E-state index contributed by atoms with van der Waals surface area (Å²) in [6.45, 7) is -0.547. The van der Waals surface area contributed by atoms with Crippen molar-refractivity contribution in [3.8, 4) is 0 Å². The normalized spacial score (nSPS) is 15.1. The summed E-state index contributed by atoms with van der Waals surface area (Å²) in [7, 11) is 1.17. The number of methoxy groups -OCH3 is 1. The quantitative estimate of drug-likeness (QED) is 0.658. The van der Waals surface area contributed by atoms with Crippen molar-refractivity contribution in [2.45, 2.75) is 18.9 Å². The molecule has 0 aliphatic heterocycles. The predicted molar refractivity (Wildman–Crippen MR) is 76.0 cm³/mol. The Hall–Kier alpha value is -1.93. The minimum atomic E-state index is -1.10. The molecular formula is C13H16N2O5S. The number of esters is 1. The van der Waals surface area contributed by atoms with Gasteiger partial charge in [-0.2, -0.15) is 0 Å². The van der Waals surface area contributed by atoms with E-state index in [2.05, 4.69) is 15.4 Å². The van der Waals surface area contributed by atoms with E-state index < -0.39 is 24.5 Å². The van der Waals surface area contributed by atoms with Gasteiger partial charge < -0.3 is 20.5 Å². The Kier molecular flexibility index (Phi) is 4.92. The van der Waals surface area contributed by atoms with Gasteiger partial charge >= 0.3 is 5.97 Å². The first-order chi connectivity index (χ1) is 10.0. The number of aliphatic hydroxyl groups is 1. The van der Waals surface area contributed by atoms with Crippen molar-refractivity contribution in [3.05, 3.63) is 17.0 Å². The Morgan fingerprint density at radius 2 is 2.14 bits per heavy atom. The lowest BCUT2D eigenvalue weighted by Crippen LogP contribution is -2.43. The van der Waals surface area contributed by atoms with Crippen LogP contribution in [0.25, 0.3) is 0 Å². The molecule has 1 aromatic rings. The minimum absolute atomic E-state index is 0.0356. The Morgan fingerprint density at radius 1 is 1.43 bits per heavy atom. The highest BCUT2D eigenvalue weighted by molar-refractivity contribution is 7.18. The number of rotatable bonds is 6. The fourth-order valence-electron chi connectivity index (χ4n) is 1.65. The average Bonchev–Trinajstić information content (AvgIpc) is 3.24. The number of carbonyl (C=O) groups is 3. The van der Waals surface area contributed by atoms with E-state index in [-0.39, 0.29) is 11.8 Å². The third-order valence-corrected chi connectivity index (χ3v) is 4.00. The predicted octanol–water partition coefficient (Wildman–Crippen LogP) is 0.360. The van der Waals surface area contributed by atoms with Gasteiger partial charge in [-0.1, -0.05) is 0 Å². The van der Waals surface area contributed by atoms with Crippen LogP contribution in [-0.4, -0.2) is 42.6 Å². The zero-order valence-electron chi connectivity index (χ0n) is 11.4. The molecule has 0 bridgehead atoms. The largest absolute Gasteiger partial charge is 0.467 e. The van der Waals surface area contributed by atoms with Crippen LogP contribution in [0.5, 0.6) is 0 Å². The fraction of sp³-hybridized carbons (Fsp3) is 0.462. The third kappa shape index (κ3) is 4.02. The highest BCUT2D eigenvalue weighted by atomic mass is 32.1. The van der Waals surface area contributed by atoms with Crippen LogP contribution in [0, 0.1) is 5.92 Å². The molecule has 8 heteroatoms. The van der Waals surface area contributed by atoms with Crippen molar-refractivity contribution < 1.29 is 24.2 Å². The molecule has 0 radical (unpaired) electrons. The van der Waals surface area contributed by atoms with Crippen LogP contribution < -0.4 is 10.6 Å². The second-order valence-corrected chi connectivity index (χ2v) is 5.74. The molecule has 1 unspecified atom stereocenters. The standard InChI is InChI=1S/C13H16N2O5S/c1-20-13(19)8(6-16)14-12(18)9-4-5-10(21-9)15-11(17)7-2-3-7/h4-5,7-8,16H,2-3,6H2,1H3,(H,14,18)(H,15,17). The molecule has 2 amide bonds. The number of hydrogen-bond acceptors (Lipinski definition) is 6. The van der Waals surface area contributed by atoms with Crippen molar-refractivity contribution >= 4 is 34.1 Å². The number of hydrogen-bond donors (Lipinski definition) is 3. The first-order valence-electron chi connectivity index (χ1n) is 6.45.